The summed E-state index contributed by atoms with van der Waals surface area (Å²) in [4.78, 5) is 11.2. The molecule has 100 valence electrons. The largest absolute Gasteiger partial charge is 0.375 e. The molecule has 1 aliphatic rings. The van der Waals surface area contributed by atoms with Gasteiger partial charge in [0, 0.05) is 25.1 Å². The summed E-state index contributed by atoms with van der Waals surface area (Å²) >= 11 is 6.20. The Morgan fingerprint density at radius 3 is 2.89 bits per heavy atom. The van der Waals surface area contributed by atoms with Crippen molar-refractivity contribution in [2.24, 2.45) is 0 Å². The molecule has 2 rings (SSSR count). The molecule has 1 atom stereocenters. The number of morpholine rings is 1. The maximum atomic E-state index is 6.20. The zero-order valence-electron chi connectivity index (χ0n) is 11.2. The van der Waals surface area contributed by atoms with Gasteiger partial charge in [0.25, 0.3) is 0 Å². The van der Waals surface area contributed by atoms with Crippen LogP contribution in [0, 0.1) is 6.92 Å². The van der Waals surface area contributed by atoms with Crippen LogP contribution in [0.3, 0.4) is 0 Å². The average Bonchev–Trinajstić information content (AvgIpc) is 2.34. The molecule has 1 aliphatic heterocycles. The number of halogens is 1. The molecule has 0 bridgehead atoms. The van der Waals surface area contributed by atoms with Crippen LogP contribution in [0.1, 0.15) is 31.7 Å². The van der Waals surface area contributed by atoms with E-state index in [0.717, 1.165) is 49.7 Å². The van der Waals surface area contributed by atoms with Crippen LogP contribution in [0.2, 0.25) is 5.15 Å². The number of anilines is 1. The van der Waals surface area contributed by atoms with Crippen LogP contribution in [-0.4, -0.2) is 35.8 Å². The van der Waals surface area contributed by atoms with Crippen molar-refractivity contribution in [1.82, 2.24) is 9.97 Å². The predicted octanol–water partition coefficient (Wildman–Crippen LogP) is 2.62. The lowest BCUT2D eigenvalue weighted by atomic mass is 10.2. The van der Waals surface area contributed by atoms with Crippen molar-refractivity contribution >= 4 is 17.4 Å². The van der Waals surface area contributed by atoms with Crippen LogP contribution in [-0.2, 0) is 11.2 Å². The second-order valence-electron chi connectivity index (χ2n) is 4.76. The van der Waals surface area contributed by atoms with E-state index < -0.39 is 0 Å². The third kappa shape index (κ3) is 2.93. The Hall–Kier alpha value is -0.870. The number of ether oxygens (including phenoxy) is 1. The smallest absolute Gasteiger partial charge is 0.137 e. The molecule has 0 amide bonds. The van der Waals surface area contributed by atoms with E-state index >= 15 is 0 Å². The Balaban J connectivity index is 2.30. The molecule has 2 heterocycles. The topological polar surface area (TPSA) is 38.2 Å². The number of hydrogen-bond acceptors (Lipinski definition) is 4. The number of nitrogens with zero attached hydrogens (tertiary/aromatic N) is 3. The molecule has 0 aliphatic carbocycles. The van der Waals surface area contributed by atoms with E-state index in [2.05, 4.69) is 28.7 Å². The Morgan fingerprint density at radius 1 is 1.44 bits per heavy atom. The van der Waals surface area contributed by atoms with Crippen LogP contribution in [0.5, 0.6) is 0 Å². The lowest BCUT2D eigenvalue weighted by molar-refractivity contribution is 0.0529. The molecule has 1 fully saturated rings. The van der Waals surface area contributed by atoms with Crippen molar-refractivity contribution in [3.8, 4) is 0 Å². The van der Waals surface area contributed by atoms with Crippen LogP contribution < -0.4 is 4.90 Å². The summed E-state index contributed by atoms with van der Waals surface area (Å²) in [5, 5.41) is 0.572. The van der Waals surface area contributed by atoms with Crippen LogP contribution in [0.15, 0.2) is 0 Å². The Kier molecular flexibility index (Phi) is 4.40. The molecule has 0 radical (unpaired) electrons. The molecule has 0 N–H and O–H groups in total. The third-order valence-electron chi connectivity index (χ3n) is 3.12. The molecule has 1 aromatic rings. The van der Waals surface area contributed by atoms with Gasteiger partial charge in [-0.15, -0.1) is 0 Å². The summed E-state index contributed by atoms with van der Waals surface area (Å²) in [6.45, 7) is 8.65. The second kappa shape index (κ2) is 5.85. The third-order valence-corrected chi connectivity index (χ3v) is 3.49. The van der Waals surface area contributed by atoms with Crippen molar-refractivity contribution < 1.29 is 4.74 Å². The van der Waals surface area contributed by atoms with Crippen LogP contribution in [0.4, 0.5) is 5.82 Å². The minimum Gasteiger partial charge on any atom is -0.375 e. The Morgan fingerprint density at radius 2 is 2.22 bits per heavy atom. The highest BCUT2D eigenvalue weighted by Gasteiger charge is 2.21. The van der Waals surface area contributed by atoms with Gasteiger partial charge >= 0.3 is 0 Å². The molecular formula is C13H20ClN3O. The summed E-state index contributed by atoms with van der Waals surface area (Å²) in [5.41, 5.74) is 0.964. The highest BCUT2D eigenvalue weighted by atomic mass is 35.5. The van der Waals surface area contributed by atoms with Gasteiger partial charge in [0.15, 0.2) is 0 Å². The summed E-state index contributed by atoms with van der Waals surface area (Å²) < 4.78 is 5.56. The first-order chi connectivity index (χ1) is 8.61. The van der Waals surface area contributed by atoms with Crippen molar-refractivity contribution in [2.45, 2.75) is 39.7 Å². The predicted molar refractivity (Wildman–Crippen MR) is 73.4 cm³/mol. The summed E-state index contributed by atoms with van der Waals surface area (Å²) in [6.07, 6.45) is 2.13. The molecule has 0 spiro atoms. The van der Waals surface area contributed by atoms with E-state index in [9.17, 15) is 0 Å². The zero-order chi connectivity index (χ0) is 13.1. The van der Waals surface area contributed by atoms with E-state index in [-0.39, 0.29) is 6.10 Å². The van der Waals surface area contributed by atoms with Gasteiger partial charge in [-0.1, -0.05) is 18.5 Å². The second-order valence-corrected chi connectivity index (χ2v) is 5.11. The lowest BCUT2D eigenvalue weighted by Gasteiger charge is -2.33. The van der Waals surface area contributed by atoms with E-state index in [1.807, 2.05) is 6.92 Å². The number of aromatic nitrogens is 2. The number of hydrogen-bond donors (Lipinski definition) is 0. The highest BCUT2D eigenvalue weighted by molar-refractivity contribution is 6.30. The molecule has 18 heavy (non-hydrogen) atoms. The van der Waals surface area contributed by atoms with Crippen LogP contribution in [0.25, 0.3) is 0 Å². The monoisotopic (exact) mass is 269 g/mol. The quantitative estimate of drug-likeness (QED) is 0.791. The first-order valence-electron chi connectivity index (χ1n) is 6.51. The first-order valence-corrected chi connectivity index (χ1v) is 6.89. The minimum atomic E-state index is 0.238. The van der Waals surface area contributed by atoms with Crippen molar-refractivity contribution in [3.05, 3.63) is 16.5 Å². The molecule has 5 heteroatoms. The minimum absolute atomic E-state index is 0.238. The average molecular weight is 270 g/mol. The van der Waals surface area contributed by atoms with Gasteiger partial charge in [-0.25, -0.2) is 9.97 Å². The van der Waals surface area contributed by atoms with Gasteiger partial charge in [-0.3, -0.25) is 0 Å². The van der Waals surface area contributed by atoms with Gasteiger partial charge in [0.05, 0.1) is 12.7 Å². The number of rotatable bonds is 3. The van der Waals surface area contributed by atoms with E-state index in [4.69, 9.17) is 16.3 Å². The van der Waals surface area contributed by atoms with Gasteiger partial charge < -0.3 is 9.64 Å². The van der Waals surface area contributed by atoms with Crippen molar-refractivity contribution in [1.29, 1.82) is 0 Å². The van der Waals surface area contributed by atoms with Crippen molar-refractivity contribution in [3.63, 3.8) is 0 Å². The summed E-state index contributed by atoms with van der Waals surface area (Å²) in [6, 6.07) is 0. The lowest BCUT2D eigenvalue weighted by Crippen LogP contribution is -2.42. The zero-order valence-corrected chi connectivity index (χ0v) is 12.0. The van der Waals surface area contributed by atoms with Crippen LogP contribution >= 0.6 is 11.6 Å². The fraction of sp³-hybridized carbons (Fsp3) is 0.692. The fourth-order valence-electron chi connectivity index (χ4n) is 2.17. The molecule has 0 aromatic carbocycles. The van der Waals surface area contributed by atoms with Gasteiger partial charge in [-0.2, -0.15) is 0 Å². The maximum absolute atomic E-state index is 6.20. The molecule has 0 saturated carbocycles. The van der Waals surface area contributed by atoms with Gasteiger partial charge in [0.2, 0.25) is 0 Å². The first kappa shape index (κ1) is 13.6. The summed E-state index contributed by atoms with van der Waals surface area (Å²) in [7, 11) is 0. The van der Waals surface area contributed by atoms with E-state index in [0.29, 0.717) is 5.15 Å². The maximum Gasteiger partial charge on any atom is 0.137 e. The molecule has 1 saturated heterocycles. The van der Waals surface area contributed by atoms with E-state index in [1.165, 1.54) is 0 Å². The SMILES string of the molecule is CCCc1nc(Cl)c(C)c(N2CCOC(C)C2)n1. The standard InChI is InChI=1S/C13H20ClN3O/c1-4-5-11-15-12(14)10(3)13(16-11)17-6-7-18-9(2)8-17/h9H,4-8H2,1-3H3. The highest BCUT2D eigenvalue weighted by Crippen LogP contribution is 2.25. The Bertz CT molecular complexity index is 425. The molecule has 1 unspecified atom stereocenters. The normalized spacial score (nSPS) is 20.2. The molecule has 4 nitrogen and oxygen atoms in total. The fourth-order valence-corrected chi connectivity index (χ4v) is 2.36. The van der Waals surface area contributed by atoms with Gasteiger partial charge in [-0.05, 0) is 20.3 Å². The molecule has 1 aromatic heterocycles. The van der Waals surface area contributed by atoms with Crippen molar-refractivity contribution in [2.75, 3.05) is 24.6 Å². The Labute approximate surface area is 113 Å². The van der Waals surface area contributed by atoms with Gasteiger partial charge in [0.1, 0.15) is 16.8 Å². The van der Waals surface area contributed by atoms with E-state index in [1.54, 1.807) is 0 Å². The number of aryl methyl sites for hydroxylation is 1. The summed E-state index contributed by atoms with van der Waals surface area (Å²) in [5.74, 6) is 1.80. The molecular weight excluding hydrogens is 250 g/mol.